The Labute approximate surface area is 141 Å². The van der Waals surface area contributed by atoms with E-state index in [2.05, 4.69) is 36.9 Å². The van der Waals surface area contributed by atoms with Gasteiger partial charge in [0.25, 0.3) is 0 Å². The van der Waals surface area contributed by atoms with Gasteiger partial charge in [-0.3, -0.25) is 0 Å². The normalized spacial score (nSPS) is 18.5. The summed E-state index contributed by atoms with van der Waals surface area (Å²) in [6.07, 6.45) is 2.56. The largest absolute Gasteiger partial charge is 0.356 e. The number of fused-ring (bicyclic) bond motifs is 1. The lowest BCUT2D eigenvalue weighted by atomic mass is 10.0. The zero-order valence-electron chi connectivity index (χ0n) is 13.6. The molecule has 0 saturated carbocycles. The van der Waals surface area contributed by atoms with Gasteiger partial charge in [-0.05, 0) is 31.7 Å². The molecule has 1 unspecified atom stereocenters. The van der Waals surface area contributed by atoms with E-state index in [1.165, 1.54) is 23.1 Å². The van der Waals surface area contributed by atoms with Gasteiger partial charge in [0.05, 0.1) is 5.39 Å². The molecule has 23 heavy (non-hydrogen) atoms. The second kappa shape index (κ2) is 5.93. The molecule has 1 atom stereocenters. The van der Waals surface area contributed by atoms with Crippen LogP contribution in [0.4, 0.5) is 5.82 Å². The number of piperidine rings is 1. The molecule has 0 N–H and O–H groups in total. The third-order valence-corrected chi connectivity index (χ3v) is 5.43. The van der Waals surface area contributed by atoms with E-state index < -0.39 is 0 Å². The van der Waals surface area contributed by atoms with Gasteiger partial charge in [0.15, 0.2) is 5.82 Å². The van der Waals surface area contributed by atoms with Crippen molar-refractivity contribution < 1.29 is 0 Å². The lowest BCUT2D eigenvalue weighted by molar-refractivity contribution is 0.445. The van der Waals surface area contributed by atoms with Crippen LogP contribution in [0.15, 0.2) is 36.4 Å². The van der Waals surface area contributed by atoms with Crippen molar-refractivity contribution in [1.29, 1.82) is 0 Å². The quantitative estimate of drug-likeness (QED) is 0.671. The summed E-state index contributed by atoms with van der Waals surface area (Å²) in [5, 5.41) is 1.21. The molecule has 0 radical (unpaired) electrons. The SMILES string of the molecule is Cc1cc2c(N3CCCC(C)C3)nc(-c3ccccc3)nc2s1. The second-order valence-corrected chi connectivity index (χ2v) is 7.74. The van der Waals surface area contributed by atoms with Crippen molar-refractivity contribution in [1.82, 2.24) is 9.97 Å². The predicted molar refractivity (Wildman–Crippen MR) is 98.2 cm³/mol. The molecule has 0 aliphatic carbocycles. The van der Waals surface area contributed by atoms with Crippen molar-refractivity contribution >= 4 is 27.4 Å². The van der Waals surface area contributed by atoms with Crippen LogP contribution in [0.3, 0.4) is 0 Å². The van der Waals surface area contributed by atoms with Crippen molar-refractivity contribution in [2.45, 2.75) is 26.7 Å². The molecule has 1 saturated heterocycles. The molecule has 3 aromatic rings. The van der Waals surface area contributed by atoms with Crippen LogP contribution in [0.1, 0.15) is 24.6 Å². The summed E-state index contributed by atoms with van der Waals surface area (Å²) in [7, 11) is 0. The summed E-state index contributed by atoms with van der Waals surface area (Å²) in [5.74, 6) is 2.69. The maximum absolute atomic E-state index is 4.96. The molecular weight excluding hydrogens is 302 g/mol. The monoisotopic (exact) mass is 323 g/mol. The highest BCUT2D eigenvalue weighted by atomic mass is 32.1. The first-order chi connectivity index (χ1) is 11.2. The minimum atomic E-state index is 0.730. The molecular formula is C19H21N3S. The van der Waals surface area contributed by atoms with Crippen LogP contribution < -0.4 is 4.90 Å². The fraction of sp³-hybridized carbons (Fsp3) is 0.368. The van der Waals surface area contributed by atoms with Crippen molar-refractivity contribution in [3.63, 3.8) is 0 Å². The number of benzene rings is 1. The molecule has 1 fully saturated rings. The first-order valence-electron chi connectivity index (χ1n) is 8.29. The highest BCUT2D eigenvalue weighted by molar-refractivity contribution is 7.18. The van der Waals surface area contributed by atoms with E-state index in [0.717, 1.165) is 41.0 Å². The molecule has 0 bridgehead atoms. The Hall–Kier alpha value is -1.94. The molecule has 1 aromatic carbocycles. The van der Waals surface area contributed by atoms with Gasteiger partial charge in [-0.15, -0.1) is 11.3 Å². The van der Waals surface area contributed by atoms with E-state index in [1.54, 1.807) is 11.3 Å². The number of hydrogen-bond acceptors (Lipinski definition) is 4. The van der Waals surface area contributed by atoms with Gasteiger partial charge in [0.1, 0.15) is 10.6 Å². The molecule has 1 aliphatic rings. The van der Waals surface area contributed by atoms with Gasteiger partial charge in [-0.1, -0.05) is 37.3 Å². The number of nitrogens with zero attached hydrogens (tertiary/aromatic N) is 3. The molecule has 0 spiro atoms. The Morgan fingerprint density at radius 1 is 1.17 bits per heavy atom. The third kappa shape index (κ3) is 2.83. The van der Waals surface area contributed by atoms with Gasteiger partial charge < -0.3 is 4.90 Å². The standard InChI is InChI=1S/C19H21N3S/c1-13-7-6-10-22(12-13)18-16-11-14(2)23-19(16)21-17(20-18)15-8-4-3-5-9-15/h3-5,8-9,11,13H,6-7,10,12H2,1-2H3. The van der Waals surface area contributed by atoms with Crippen molar-refractivity contribution in [3.05, 3.63) is 41.3 Å². The zero-order chi connectivity index (χ0) is 15.8. The highest BCUT2D eigenvalue weighted by Crippen LogP contribution is 2.34. The van der Waals surface area contributed by atoms with E-state index in [0.29, 0.717) is 0 Å². The summed E-state index contributed by atoms with van der Waals surface area (Å²) in [5.41, 5.74) is 1.09. The summed E-state index contributed by atoms with van der Waals surface area (Å²) in [6.45, 7) is 6.67. The lowest BCUT2D eigenvalue weighted by Gasteiger charge is -2.32. The van der Waals surface area contributed by atoms with Crippen molar-refractivity contribution in [2.75, 3.05) is 18.0 Å². The molecule has 0 amide bonds. The average Bonchev–Trinajstić information content (AvgIpc) is 2.95. The second-order valence-electron chi connectivity index (χ2n) is 6.51. The smallest absolute Gasteiger partial charge is 0.163 e. The number of aryl methyl sites for hydroxylation is 1. The predicted octanol–water partition coefficient (Wildman–Crippen LogP) is 4.90. The van der Waals surface area contributed by atoms with Crippen LogP contribution in [-0.4, -0.2) is 23.1 Å². The van der Waals surface area contributed by atoms with Crippen LogP contribution in [-0.2, 0) is 0 Å². The Morgan fingerprint density at radius 3 is 2.78 bits per heavy atom. The summed E-state index contributed by atoms with van der Waals surface area (Å²) < 4.78 is 0. The molecule has 118 valence electrons. The van der Waals surface area contributed by atoms with Crippen LogP contribution in [0.25, 0.3) is 21.6 Å². The fourth-order valence-electron chi connectivity index (χ4n) is 3.37. The number of rotatable bonds is 2. The molecule has 4 heteroatoms. The maximum Gasteiger partial charge on any atom is 0.163 e. The van der Waals surface area contributed by atoms with E-state index in [-0.39, 0.29) is 0 Å². The molecule has 2 aromatic heterocycles. The fourth-order valence-corrected chi connectivity index (χ4v) is 4.24. The van der Waals surface area contributed by atoms with E-state index in [1.807, 2.05) is 18.2 Å². The van der Waals surface area contributed by atoms with Crippen LogP contribution in [0.2, 0.25) is 0 Å². The van der Waals surface area contributed by atoms with Gasteiger partial charge in [0, 0.05) is 23.5 Å². The topological polar surface area (TPSA) is 29.0 Å². The Bertz CT molecular complexity index is 825. The van der Waals surface area contributed by atoms with E-state index >= 15 is 0 Å². The molecule has 3 heterocycles. The van der Waals surface area contributed by atoms with Gasteiger partial charge in [-0.25, -0.2) is 9.97 Å². The minimum Gasteiger partial charge on any atom is -0.356 e. The maximum atomic E-state index is 4.96. The molecule has 3 nitrogen and oxygen atoms in total. The van der Waals surface area contributed by atoms with Crippen LogP contribution in [0.5, 0.6) is 0 Å². The summed E-state index contributed by atoms with van der Waals surface area (Å²) in [6, 6.07) is 12.5. The Balaban J connectivity index is 1.87. The first kappa shape index (κ1) is 14.6. The van der Waals surface area contributed by atoms with E-state index in [9.17, 15) is 0 Å². The van der Waals surface area contributed by atoms with Crippen molar-refractivity contribution in [3.8, 4) is 11.4 Å². The van der Waals surface area contributed by atoms with Crippen LogP contribution >= 0.6 is 11.3 Å². The summed E-state index contributed by atoms with van der Waals surface area (Å²) >= 11 is 1.76. The first-order valence-corrected chi connectivity index (χ1v) is 9.11. The highest BCUT2D eigenvalue weighted by Gasteiger charge is 2.21. The molecule has 1 aliphatic heterocycles. The number of anilines is 1. The Kier molecular flexibility index (Phi) is 3.77. The number of aromatic nitrogens is 2. The van der Waals surface area contributed by atoms with Crippen LogP contribution in [0, 0.1) is 12.8 Å². The van der Waals surface area contributed by atoms with Gasteiger partial charge >= 0.3 is 0 Å². The van der Waals surface area contributed by atoms with E-state index in [4.69, 9.17) is 9.97 Å². The lowest BCUT2D eigenvalue weighted by Crippen LogP contribution is -2.35. The number of thiophene rings is 1. The Morgan fingerprint density at radius 2 is 2.00 bits per heavy atom. The van der Waals surface area contributed by atoms with Gasteiger partial charge in [-0.2, -0.15) is 0 Å². The van der Waals surface area contributed by atoms with Gasteiger partial charge in [0.2, 0.25) is 0 Å². The van der Waals surface area contributed by atoms with Crippen molar-refractivity contribution in [2.24, 2.45) is 5.92 Å². The number of hydrogen-bond donors (Lipinski definition) is 0. The average molecular weight is 323 g/mol. The summed E-state index contributed by atoms with van der Waals surface area (Å²) in [4.78, 5) is 14.6. The third-order valence-electron chi connectivity index (χ3n) is 4.48. The zero-order valence-corrected chi connectivity index (χ0v) is 14.4. The minimum absolute atomic E-state index is 0.730. The molecule has 4 rings (SSSR count).